The zero-order valence-corrected chi connectivity index (χ0v) is 11.5. The number of amides is 1. The molecule has 2 rings (SSSR count). The van der Waals surface area contributed by atoms with E-state index in [0.717, 1.165) is 19.5 Å². The lowest BCUT2D eigenvalue weighted by Crippen LogP contribution is -2.42. The van der Waals surface area contributed by atoms with Gasteiger partial charge in [0.2, 0.25) is 5.91 Å². The first-order valence-electron chi connectivity index (χ1n) is 6.38. The molecule has 0 aromatic rings. The van der Waals surface area contributed by atoms with Crippen LogP contribution in [0, 0.1) is 0 Å². The molecule has 0 bridgehead atoms. The van der Waals surface area contributed by atoms with Crippen LogP contribution in [0.1, 0.15) is 12.8 Å². The van der Waals surface area contributed by atoms with Crippen molar-refractivity contribution in [2.45, 2.75) is 24.9 Å². The van der Waals surface area contributed by atoms with Gasteiger partial charge in [-0.2, -0.15) is 0 Å². The van der Waals surface area contributed by atoms with Gasteiger partial charge in [-0.15, -0.1) is 0 Å². The van der Waals surface area contributed by atoms with Gasteiger partial charge in [0.1, 0.15) is 0 Å². The Kier molecular flexibility index (Phi) is 4.24. The van der Waals surface area contributed by atoms with Crippen LogP contribution in [0.2, 0.25) is 0 Å². The number of carbonyl (C=O) groups excluding carboxylic acids is 1. The van der Waals surface area contributed by atoms with Gasteiger partial charge < -0.3 is 10.6 Å². The van der Waals surface area contributed by atoms with Crippen LogP contribution in [0.25, 0.3) is 0 Å². The quantitative estimate of drug-likeness (QED) is 0.659. The summed E-state index contributed by atoms with van der Waals surface area (Å²) in [5.74, 6) is 0.232. The summed E-state index contributed by atoms with van der Waals surface area (Å²) in [6.07, 6.45) is 1.61. The molecule has 0 spiro atoms. The average Bonchev–Trinajstić information content (AvgIpc) is 2.85. The maximum Gasteiger partial charge on any atom is 0.234 e. The molecule has 2 aliphatic rings. The van der Waals surface area contributed by atoms with Gasteiger partial charge >= 0.3 is 0 Å². The molecule has 1 amide bonds. The number of nitrogens with zero attached hydrogens (tertiary/aromatic N) is 1. The smallest absolute Gasteiger partial charge is 0.234 e. The van der Waals surface area contributed by atoms with Crippen molar-refractivity contribution in [1.82, 2.24) is 15.5 Å². The Labute approximate surface area is 108 Å². The second-order valence-electron chi connectivity index (χ2n) is 5.18. The van der Waals surface area contributed by atoms with Gasteiger partial charge in [-0.25, -0.2) is 8.42 Å². The minimum absolute atomic E-state index is 0.0612. The third kappa shape index (κ3) is 3.66. The normalized spacial score (nSPS) is 31.6. The molecule has 0 aliphatic carbocycles. The van der Waals surface area contributed by atoms with Crippen LogP contribution in [0.4, 0.5) is 0 Å². The zero-order chi connectivity index (χ0) is 13.2. The Bertz CT molecular complexity index is 410. The predicted octanol–water partition coefficient (Wildman–Crippen LogP) is -1.42. The molecule has 2 heterocycles. The van der Waals surface area contributed by atoms with Gasteiger partial charge in [0.05, 0.1) is 18.1 Å². The molecule has 18 heavy (non-hydrogen) atoms. The van der Waals surface area contributed by atoms with Gasteiger partial charge in [-0.1, -0.05) is 0 Å². The van der Waals surface area contributed by atoms with Crippen LogP contribution < -0.4 is 10.6 Å². The second kappa shape index (κ2) is 5.54. The van der Waals surface area contributed by atoms with Crippen molar-refractivity contribution in [3.05, 3.63) is 0 Å². The maximum atomic E-state index is 11.8. The summed E-state index contributed by atoms with van der Waals surface area (Å²) in [4.78, 5) is 13.9. The minimum Gasteiger partial charge on any atom is -0.351 e. The number of hydrogen-bond donors (Lipinski definition) is 2. The van der Waals surface area contributed by atoms with Crippen LogP contribution in [-0.4, -0.2) is 69.5 Å². The Morgan fingerprint density at radius 1 is 1.33 bits per heavy atom. The highest BCUT2D eigenvalue weighted by Crippen LogP contribution is 2.12. The van der Waals surface area contributed by atoms with Crippen molar-refractivity contribution in [1.29, 1.82) is 0 Å². The number of sulfone groups is 1. The molecular weight excluding hydrogens is 254 g/mol. The van der Waals surface area contributed by atoms with E-state index in [0.29, 0.717) is 19.0 Å². The molecule has 2 unspecified atom stereocenters. The van der Waals surface area contributed by atoms with Gasteiger partial charge in [0.15, 0.2) is 9.84 Å². The number of nitrogens with one attached hydrogen (secondary N) is 2. The van der Waals surface area contributed by atoms with Gasteiger partial charge in [0, 0.05) is 25.2 Å². The van der Waals surface area contributed by atoms with E-state index < -0.39 is 9.84 Å². The highest BCUT2D eigenvalue weighted by molar-refractivity contribution is 7.91. The van der Waals surface area contributed by atoms with Crippen molar-refractivity contribution >= 4 is 15.7 Å². The van der Waals surface area contributed by atoms with Crippen LogP contribution in [0.5, 0.6) is 0 Å². The Morgan fingerprint density at radius 2 is 2.11 bits per heavy atom. The van der Waals surface area contributed by atoms with E-state index >= 15 is 0 Å². The maximum absolute atomic E-state index is 11.8. The van der Waals surface area contributed by atoms with Crippen molar-refractivity contribution in [3.8, 4) is 0 Å². The Hall–Kier alpha value is -0.660. The summed E-state index contributed by atoms with van der Waals surface area (Å²) in [6.45, 7) is 2.17. The fourth-order valence-corrected chi connectivity index (χ4v) is 4.27. The summed E-state index contributed by atoms with van der Waals surface area (Å²) < 4.78 is 22.6. The van der Waals surface area contributed by atoms with Gasteiger partial charge in [-0.3, -0.25) is 9.69 Å². The van der Waals surface area contributed by atoms with Crippen LogP contribution in [0.3, 0.4) is 0 Å². The van der Waals surface area contributed by atoms with Gasteiger partial charge in [-0.05, 0) is 19.9 Å². The van der Waals surface area contributed by atoms with Gasteiger partial charge in [0.25, 0.3) is 0 Å². The van der Waals surface area contributed by atoms with E-state index in [1.165, 1.54) is 0 Å². The molecule has 0 aromatic carbocycles. The molecule has 2 N–H and O–H groups in total. The fourth-order valence-electron chi connectivity index (χ4n) is 2.60. The standard InChI is InChI=1S/C11H21N3O3S/c1-12-9-2-4-14(6-9)7-11(15)13-10-3-5-18(16,17)8-10/h9-10,12H,2-8H2,1H3,(H,13,15). The molecule has 2 fully saturated rings. The first-order chi connectivity index (χ1) is 8.48. The highest BCUT2D eigenvalue weighted by Gasteiger charge is 2.30. The van der Waals surface area contributed by atoms with Crippen molar-refractivity contribution in [2.24, 2.45) is 0 Å². The lowest BCUT2D eigenvalue weighted by Gasteiger charge is -2.17. The third-order valence-corrected chi connectivity index (χ3v) is 5.41. The molecule has 2 saturated heterocycles. The zero-order valence-electron chi connectivity index (χ0n) is 10.7. The number of likely N-dealkylation sites (tertiary alicyclic amines) is 1. The van der Waals surface area contributed by atoms with Crippen molar-refractivity contribution in [2.75, 3.05) is 38.2 Å². The Balaban J connectivity index is 1.73. The fraction of sp³-hybridized carbons (Fsp3) is 0.909. The lowest BCUT2D eigenvalue weighted by atomic mass is 10.2. The lowest BCUT2D eigenvalue weighted by molar-refractivity contribution is -0.122. The molecule has 0 saturated carbocycles. The monoisotopic (exact) mass is 275 g/mol. The van der Waals surface area contributed by atoms with Crippen LogP contribution in [0.15, 0.2) is 0 Å². The van der Waals surface area contributed by atoms with E-state index in [1.807, 2.05) is 7.05 Å². The van der Waals surface area contributed by atoms with E-state index in [9.17, 15) is 13.2 Å². The van der Waals surface area contributed by atoms with Crippen LogP contribution >= 0.6 is 0 Å². The first-order valence-corrected chi connectivity index (χ1v) is 8.20. The second-order valence-corrected chi connectivity index (χ2v) is 7.41. The molecule has 104 valence electrons. The minimum atomic E-state index is -2.92. The topological polar surface area (TPSA) is 78.5 Å². The van der Waals surface area contributed by atoms with E-state index in [1.54, 1.807) is 0 Å². The summed E-state index contributed by atoms with van der Waals surface area (Å²) in [7, 11) is -0.991. The predicted molar refractivity (Wildman–Crippen MR) is 69.1 cm³/mol. The highest BCUT2D eigenvalue weighted by atomic mass is 32.2. The van der Waals surface area contributed by atoms with E-state index in [2.05, 4.69) is 15.5 Å². The summed E-state index contributed by atoms with van der Waals surface area (Å²) in [5, 5.41) is 6.01. The van der Waals surface area contributed by atoms with Crippen molar-refractivity contribution in [3.63, 3.8) is 0 Å². The number of carbonyl (C=O) groups is 1. The Morgan fingerprint density at radius 3 is 2.67 bits per heavy atom. The molecule has 6 nitrogen and oxygen atoms in total. The third-order valence-electron chi connectivity index (χ3n) is 3.65. The molecule has 2 aliphatic heterocycles. The molecule has 0 aromatic heterocycles. The number of hydrogen-bond acceptors (Lipinski definition) is 5. The molecule has 7 heteroatoms. The van der Waals surface area contributed by atoms with E-state index in [-0.39, 0.29) is 23.5 Å². The van der Waals surface area contributed by atoms with E-state index in [4.69, 9.17) is 0 Å². The molecular formula is C11H21N3O3S. The largest absolute Gasteiger partial charge is 0.351 e. The summed E-state index contributed by atoms with van der Waals surface area (Å²) >= 11 is 0. The summed E-state index contributed by atoms with van der Waals surface area (Å²) in [5.41, 5.74) is 0. The number of likely N-dealkylation sites (N-methyl/N-ethyl adjacent to an activating group) is 1. The molecule has 0 radical (unpaired) electrons. The SMILES string of the molecule is CNC1CCN(CC(=O)NC2CCS(=O)(=O)C2)C1. The van der Waals surface area contributed by atoms with Crippen molar-refractivity contribution < 1.29 is 13.2 Å². The average molecular weight is 275 g/mol. The van der Waals surface area contributed by atoms with Crippen LogP contribution in [-0.2, 0) is 14.6 Å². The first kappa shape index (κ1) is 13.8. The summed E-state index contributed by atoms with van der Waals surface area (Å²) in [6, 6.07) is 0.273. The number of rotatable bonds is 4. The molecule has 2 atom stereocenters.